The van der Waals surface area contributed by atoms with E-state index in [1.165, 1.54) is 18.4 Å². The molecule has 0 bridgehead atoms. The Labute approximate surface area is 138 Å². The summed E-state index contributed by atoms with van der Waals surface area (Å²) in [6, 6.07) is 3.68. The van der Waals surface area contributed by atoms with Crippen molar-refractivity contribution in [2.24, 2.45) is 5.92 Å². The van der Waals surface area contributed by atoms with E-state index in [1.54, 1.807) is 18.4 Å². The van der Waals surface area contributed by atoms with Crippen LogP contribution in [0, 0.1) is 5.92 Å². The van der Waals surface area contributed by atoms with Crippen LogP contribution in [0.3, 0.4) is 0 Å². The van der Waals surface area contributed by atoms with E-state index >= 15 is 0 Å². The Bertz CT molecular complexity index is 545. The van der Waals surface area contributed by atoms with Crippen molar-refractivity contribution in [1.82, 2.24) is 4.90 Å². The second kappa shape index (κ2) is 7.35. The van der Waals surface area contributed by atoms with Gasteiger partial charge in [0.2, 0.25) is 5.91 Å². The van der Waals surface area contributed by atoms with Crippen LogP contribution in [-0.4, -0.2) is 28.5 Å². The largest absolute Gasteiger partial charge is 0.467 e. The van der Waals surface area contributed by atoms with Gasteiger partial charge in [-0.15, -0.1) is 0 Å². The first kappa shape index (κ1) is 16.3. The summed E-state index contributed by atoms with van der Waals surface area (Å²) in [6.07, 6.45) is 10.0. The molecule has 0 radical (unpaired) electrons. The summed E-state index contributed by atoms with van der Waals surface area (Å²) in [6.45, 7) is 2.86. The van der Waals surface area contributed by atoms with Crippen molar-refractivity contribution in [2.75, 3.05) is 6.54 Å². The average Bonchev–Trinajstić information content (AvgIpc) is 3.29. The van der Waals surface area contributed by atoms with E-state index in [-0.39, 0.29) is 11.9 Å². The third-order valence-electron chi connectivity index (χ3n) is 5.10. The van der Waals surface area contributed by atoms with Gasteiger partial charge in [-0.05, 0) is 50.7 Å². The first-order valence-corrected chi connectivity index (χ1v) is 8.85. The van der Waals surface area contributed by atoms with E-state index in [0.717, 1.165) is 32.2 Å². The fraction of sp³-hybridized carbons (Fsp3) is 0.632. The van der Waals surface area contributed by atoms with E-state index in [4.69, 9.17) is 4.42 Å². The number of nitrogens with zero attached hydrogens (tertiary/aromatic N) is 1. The minimum absolute atomic E-state index is 0.0911. The summed E-state index contributed by atoms with van der Waals surface area (Å²) in [5.41, 5.74) is 1.21. The predicted octanol–water partition coefficient (Wildman–Crippen LogP) is 3.83. The normalized spacial score (nSPS) is 24.3. The lowest BCUT2D eigenvalue weighted by molar-refractivity contribution is -0.129. The zero-order chi connectivity index (χ0) is 16.2. The van der Waals surface area contributed by atoms with E-state index in [2.05, 4.69) is 6.92 Å². The molecule has 2 atom stereocenters. The van der Waals surface area contributed by atoms with E-state index in [0.29, 0.717) is 18.1 Å². The van der Waals surface area contributed by atoms with Gasteiger partial charge in [0.1, 0.15) is 11.9 Å². The molecule has 0 aromatic carbocycles. The number of hydrogen-bond donors (Lipinski definition) is 1. The number of aliphatic hydroxyl groups is 1. The maximum absolute atomic E-state index is 12.7. The van der Waals surface area contributed by atoms with Gasteiger partial charge in [0.25, 0.3) is 0 Å². The molecule has 3 rings (SSSR count). The Balaban J connectivity index is 1.69. The number of allylic oxidation sites excluding steroid dienone is 1. The van der Waals surface area contributed by atoms with Crippen LogP contribution in [0.2, 0.25) is 0 Å². The lowest BCUT2D eigenvalue weighted by atomic mass is 10.0. The van der Waals surface area contributed by atoms with Crippen LogP contribution >= 0.6 is 0 Å². The number of furan rings is 1. The van der Waals surface area contributed by atoms with E-state index in [9.17, 15) is 9.90 Å². The van der Waals surface area contributed by atoms with Crippen molar-refractivity contribution in [3.05, 3.63) is 35.8 Å². The Kier molecular flexibility index (Phi) is 5.21. The lowest BCUT2D eigenvalue weighted by Gasteiger charge is -2.30. The average molecular weight is 317 g/mol. The van der Waals surface area contributed by atoms with Crippen LogP contribution < -0.4 is 0 Å². The van der Waals surface area contributed by atoms with Gasteiger partial charge in [-0.2, -0.15) is 0 Å². The highest BCUT2D eigenvalue weighted by Gasteiger charge is 2.29. The molecule has 2 unspecified atom stereocenters. The Hall–Kier alpha value is -1.55. The topological polar surface area (TPSA) is 53.7 Å². The summed E-state index contributed by atoms with van der Waals surface area (Å²) in [5, 5.41) is 10.4. The van der Waals surface area contributed by atoms with Crippen molar-refractivity contribution in [2.45, 2.75) is 64.0 Å². The number of amides is 1. The maximum Gasteiger partial charge on any atom is 0.246 e. The number of likely N-dealkylation sites (tertiary alicyclic amines) is 1. The highest BCUT2D eigenvalue weighted by molar-refractivity contribution is 5.88. The molecule has 1 N–H and O–H groups in total. The molecule has 1 aromatic heterocycles. The highest BCUT2D eigenvalue weighted by Crippen LogP contribution is 2.36. The van der Waals surface area contributed by atoms with Crippen LogP contribution in [0.4, 0.5) is 0 Å². The predicted molar refractivity (Wildman–Crippen MR) is 88.7 cm³/mol. The van der Waals surface area contributed by atoms with E-state index in [1.807, 2.05) is 11.0 Å². The summed E-state index contributed by atoms with van der Waals surface area (Å²) < 4.78 is 5.30. The molecule has 1 amide bonds. The SMILES string of the molecule is C/C(=C/C(=O)N1CCCCCC1CC(O)c1ccco1)C1CC1. The molecule has 23 heavy (non-hydrogen) atoms. The van der Waals surface area contributed by atoms with Gasteiger partial charge in [0.15, 0.2) is 0 Å². The molecule has 2 aliphatic rings. The van der Waals surface area contributed by atoms with Crippen LogP contribution in [0.5, 0.6) is 0 Å². The molecule has 2 fully saturated rings. The molecule has 0 spiro atoms. The van der Waals surface area contributed by atoms with Crippen molar-refractivity contribution in [1.29, 1.82) is 0 Å². The second-order valence-corrected chi connectivity index (χ2v) is 6.96. The third-order valence-corrected chi connectivity index (χ3v) is 5.10. The molecule has 2 heterocycles. The molecular formula is C19H27NO3. The summed E-state index contributed by atoms with van der Waals surface area (Å²) >= 11 is 0. The van der Waals surface area contributed by atoms with Crippen LogP contribution in [0.15, 0.2) is 34.5 Å². The first-order valence-electron chi connectivity index (χ1n) is 8.85. The molecule has 1 saturated heterocycles. The van der Waals surface area contributed by atoms with Gasteiger partial charge in [0, 0.05) is 25.1 Å². The van der Waals surface area contributed by atoms with Gasteiger partial charge in [-0.1, -0.05) is 18.4 Å². The van der Waals surface area contributed by atoms with Crippen molar-refractivity contribution in [3.63, 3.8) is 0 Å². The second-order valence-electron chi connectivity index (χ2n) is 6.96. The number of hydrogen-bond acceptors (Lipinski definition) is 3. The molecule has 1 saturated carbocycles. The van der Waals surface area contributed by atoms with Gasteiger partial charge >= 0.3 is 0 Å². The van der Waals surface area contributed by atoms with Crippen LogP contribution in [0.1, 0.15) is 63.7 Å². The minimum Gasteiger partial charge on any atom is -0.467 e. The lowest BCUT2D eigenvalue weighted by Crippen LogP contribution is -2.40. The maximum atomic E-state index is 12.7. The number of aliphatic hydroxyl groups excluding tert-OH is 1. The van der Waals surface area contributed by atoms with Gasteiger partial charge < -0.3 is 14.4 Å². The highest BCUT2D eigenvalue weighted by atomic mass is 16.4. The van der Waals surface area contributed by atoms with Crippen molar-refractivity contribution in [3.8, 4) is 0 Å². The minimum atomic E-state index is -0.642. The van der Waals surface area contributed by atoms with Crippen LogP contribution in [0.25, 0.3) is 0 Å². The molecule has 126 valence electrons. The third kappa shape index (κ3) is 4.25. The molecule has 1 aliphatic heterocycles. The standard InChI is InChI=1S/C19H27NO3/c1-14(15-8-9-15)12-19(22)20-10-4-2-3-6-16(20)13-17(21)18-7-5-11-23-18/h5,7,11-12,15-17,21H,2-4,6,8-10,13H2,1H3/b14-12-. The van der Waals surface area contributed by atoms with Crippen molar-refractivity contribution < 1.29 is 14.3 Å². The fourth-order valence-corrected chi connectivity index (χ4v) is 3.50. The number of carbonyl (C=O) groups is 1. The van der Waals surface area contributed by atoms with Gasteiger partial charge in [-0.3, -0.25) is 4.79 Å². The summed E-state index contributed by atoms with van der Waals surface area (Å²) in [7, 11) is 0. The zero-order valence-electron chi connectivity index (χ0n) is 13.9. The molecule has 4 nitrogen and oxygen atoms in total. The van der Waals surface area contributed by atoms with Gasteiger partial charge in [-0.25, -0.2) is 0 Å². The smallest absolute Gasteiger partial charge is 0.246 e. The Morgan fingerprint density at radius 1 is 1.39 bits per heavy atom. The quantitative estimate of drug-likeness (QED) is 0.840. The number of carbonyl (C=O) groups excluding carboxylic acids is 1. The molecule has 1 aromatic rings. The number of rotatable bonds is 5. The summed E-state index contributed by atoms with van der Waals surface area (Å²) in [4.78, 5) is 14.7. The Morgan fingerprint density at radius 2 is 2.22 bits per heavy atom. The van der Waals surface area contributed by atoms with Crippen LogP contribution in [-0.2, 0) is 4.79 Å². The first-order chi connectivity index (χ1) is 11.1. The van der Waals surface area contributed by atoms with E-state index < -0.39 is 6.10 Å². The molecular weight excluding hydrogens is 290 g/mol. The monoisotopic (exact) mass is 317 g/mol. The fourth-order valence-electron chi connectivity index (χ4n) is 3.50. The molecule has 1 aliphatic carbocycles. The zero-order valence-corrected chi connectivity index (χ0v) is 13.9. The van der Waals surface area contributed by atoms with Crippen molar-refractivity contribution >= 4 is 5.91 Å². The van der Waals surface area contributed by atoms with Gasteiger partial charge in [0.05, 0.1) is 6.26 Å². The summed E-state index contributed by atoms with van der Waals surface area (Å²) in [5.74, 6) is 1.33. The molecule has 4 heteroatoms. The Morgan fingerprint density at radius 3 is 2.91 bits per heavy atom.